The van der Waals surface area contributed by atoms with Crippen LogP contribution in [0.4, 0.5) is 5.69 Å². The molecule has 16 heteroatoms. The van der Waals surface area contributed by atoms with Gasteiger partial charge in [-0.15, -0.1) is 0 Å². The van der Waals surface area contributed by atoms with E-state index in [1.54, 1.807) is 12.1 Å². The Hall–Kier alpha value is -7.07. The molecule has 11 N–H and O–H groups in total. The number of carbonyl (C=O) groups is 6. The van der Waals surface area contributed by atoms with Gasteiger partial charge in [0, 0.05) is 36.7 Å². The fourth-order valence-corrected chi connectivity index (χ4v) is 8.83. The molecule has 0 fully saturated rings. The lowest BCUT2D eigenvalue weighted by molar-refractivity contribution is -0.137. The second-order valence-corrected chi connectivity index (χ2v) is 17.4. The Morgan fingerprint density at radius 2 is 1.38 bits per heavy atom. The quantitative estimate of drug-likeness (QED) is 0.0313. The molecule has 1 aliphatic carbocycles. The molecule has 0 heterocycles. The molecule has 0 saturated carbocycles. The van der Waals surface area contributed by atoms with Crippen LogP contribution in [0, 0.1) is 0 Å². The molecule has 0 radical (unpaired) electrons. The minimum Gasteiger partial charge on any atom is -0.370 e. The molecule has 66 heavy (non-hydrogen) atoms. The van der Waals surface area contributed by atoms with E-state index in [-0.39, 0.29) is 74.6 Å². The van der Waals surface area contributed by atoms with Crippen LogP contribution in [-0.4, -0.2) is 71.6 Å². The van der Waals surface area contributed by atoms with Gasteiger partial charge in [0.05, 0.1) is 11.3 Å². The molecule has 0 bridgehead atoms. The molecule has 1 aliphatic rings. The van der Waals surface area contributed by atoms with Crippen molar-refractivity contribution in [3.05, 3.63) is 148 Å². The maximum Gasteiger partial charge on any atom is 0.250 e. The first-order valence-electron chi connectivity index (χ1n) is 22.0. The molecule has 0 saturated heterocycles. The average molecular weight is 959 g/mol. The van der Waals surface area contributed by atoms with Crippen LogP contribution in [0.25, 0.3) is 10.8 Å². The first-order valence-corrected chi connectivity index (χ1v) is 22.8. The summed E-state index contributed by atoms with van der Waals surface area (Å²) < 4.78 is 0.909. The SMILES string of the molecule is CCCC(=O)NC1(C(=O)N[C@H](Cc2ccccc2)C(=O)N[C@@H](CCCN=C(N)N)C(=O)NC(Cc2ccc3ccccc3c2)C(=O)Nc2ccccc2C(N)=O)CCc2c(Br)cccc2C1. The summed E-state index contributed by atoms with van der Waals surface area (Å²) in [7, 11) is 0. The number of amides is 6. The molecule has 0 aliphatic heterocycles. The maximum atomic E-state index is 14.7. The second kappa shape index (κ2) is 22.7. The van der Waals surface area contributed by atoms with Gasteiger partial charge in [-0.25, -0.2) is 0 Å². The number of hydrogen-bond acceptors (Lipinski definition) is 7. The van der Waals surface area contributed by atoms with Crippen molar-refractivity contribution >= 4 is 73.8 Å². The lowest BCUT2D eigenvalue weighted by Crippen LogP contribution is -2.65. The van der Waals surface area contributed by atoms with Crippen LogP contribution in [0.2, 0.25) is 0 Å². The van der Waals surface area contributed by atoms with E-state index in [4.69, 9.17) is 17.2 Å². The summed E-state index contributed by atoms with van der Waals surface area (Å²) in [5, 5.41) is 16.4. The largest absolute Gasteiger partial charge is 0.370 e. The van der Waals surface area contributed by atoms with Crippen molar-refractivity contribution in [3.63, 3.8) is 0 Å². The zero-order chi connectivity index (χ0) is 47.2. The van der Waals surface area contributed by atoms with Crippen molar-refractivity contribution in [1.29, 1.82) is 0 Å². The van der Waals surface area contributed by atoms with Gasteiger partial charge in [0.15, 0.2) is 5.96 Å². The number of nitrogens with one attached hydrogen (secondary N) is 5. The van der Waals surface area contributed by atoms with Gasteiger partial charge < -0.3 is 43.8 Å². The monoisotopic (exact) mass is 957 g/mol. The Balaban J connectivity index is 1.31. The summed E-state index contributed by atoms with van der Waals surface area (Å²) in [5.41, 5.74) is 19.1. The molecule has 5 aromatic carbocycles. The molecule has 5 aromatic rings. The van der Waals surface area contributed by atoms with E-state index in [0.29, 0.717) is 12.8 Å². The summed E-state index contributed by atoms with van der Waals surface area (Å²) >= 11 is 3.63. The summed E-state index contributed by atoms with van der Waals surface area (Å²) in [5.74, 6) is -3.72. The predicted octanol–water partition coefficient (Wildman–Crippen LogP) is 4.48. The summed E-state index contributed by atoms with van der Waals surface area (Å²) in [6.45, 7) is 2.01. The average Bonchev–Trinajstić information content (AvgIpc) is 3.29. The van der Waals surface area contributed by atoms with E-state index in [0.717, 1.165) is 37.5 Å². The number of nitrogens with zero attached hydrogens (tertiary/aromatic N) is 1. The molecule has 6 amide bonds. The maximum absolute atomic E-state index is 14.7. The first-order chi connectivity index (χ1) is 31.7. The van der Waals surface area contributed by atoms with Crippen LogP contribution in [0.15, 0.2) is 125 Å². The lowest BCUT2D eigenvalue weighted by Gasteiger charge is -2.39. The van der Waals surface area contributed by atoms with Gasteiger partial charge in [0.25, 0.3) is 5.91 Å². The molecule has 344 valence electrons. The normalized spacial score (nSPS) is 15.5. The van der Waals surface area contributed by atoms with Crippen LogP contribution in [0.5, 0.6) is 0 Å². The molecule has 4 atom stereocenters. The van der Waals surface area contributed by atoms with Gasteiger partial charge in [-0.05, 0) is 83.3 Å². The minimum atomic E-state index is -1.37. The number of benzene rings is 5. The zero-order valence-electron chi connectivity index (χ0n) is 36.8. The number of para-hydroxylation sites is 1. The first kappa shape index (κ1) is 48.4. The van der Waals surface area contributed by atoms with Crippen LogP contribution in [0.3, 0.4) is 0 Å². The highest BCUT2D eigenvalue weighted by atomic mass is 79.9. The number of halogens is 1. The lowest BCUT2D eigenvalue weighted by atomic mass is 9.77. The number of rotatable bonds is 20. The van der Waals surface area contributed by atoms with E-state index >= 15 is 0 Å². The van der Waals surface area contributed by atoms with Crippen LogP contribution in [0.1, 0.15) is 71.6 Å². The Labute approximate surface area is 392 Å². The van der Waals surface area contributed by atoms with E-state index in [1.807, 2.05) is 97.9 Å². The molecular formula is C50H56BrN9O6. The van der Waals surface area contributed by atoms with Gasteiger partial charge in [0.1, 0.15) is 23.7 Å². The second-order valence-electron chi connectivity index (χ2n) is 16.5. The van der Waals surface area contributed by atoms with Crippen molar-refractivity contribution in [3.8, 4) is 0 Å². The standard InChI is InChI=1S/C50H56BrN9O6/c1-2-12-43(61)60-50(25-24-36-35(30-50)17-10-19-38(36)51)48(66)59-42(28-31-13-4-3-5-14-31)47(65)57-40(21-11-26-55-49(53)54)45(63)58-41(29-32-22-23-33-15-6-7-16-34(33)27-32)46(64)56-39-20-9-8-18-37(39)44(52)62/h3-10,13-20,22-23,27,40-42H,2,11-12,21,24-26,28-30H2,1H3,(H2,52,62)(H,56,64)(H,57,65)(H,58,63)(H,59,66)(H,60,61)(H4,53,54,55)/t40-,41?,42+,50?/m0/s1. The highest BCUT2D eigenvalue weighted by molar-refractivity contribution is 9.10. The van der Waals surface area contributed by atoms with Crippen LogP contribution < -0.4 is 43.8 Å². The van der Waals surface area contributed by atoms with Crippen molar-refractivity contribution < 1.29 is 28.8 Å². The third kappa shape index (κ3) is 12.8. The number of nitrogens with two attached hydrogens (primary N) is 3. The summed E-state index contributed by atoms with van der Waals surface area (Å²) in [6, 6.07) is 30.9. The van der Waals surface area contributed by atoms with E-state index < -0.39 is 53.2 Å². The number of primary amides is 1. The Morgan fingerprint density at radius 1 is 0.712 bits per heavy atom. The van der Waals surface area contributed by atoms with Gasteiger partial charge in [0.2, 0.25) is 29.5 Å². The number of guanidine groups is 1. The van der Waals surface area contributed by atoms with E-state index in [2.05, 4.69) is 47.5 Å². The fraction of sp³-hybridized carbons (Fsp3) is 0.300. The zero-order valence-corrected chi connectivity index (χ0v) is 38.4. The van der Waals surface area contributed by atoms with E-state index in [1.165, 1.54) is 12.1 Å². The molecule has 6 rings (SSSR count). The number of anilines is 1. The predicted molar refractivity (Wildman–Crippen MR) is 259 cm³/mol. The van der Waals surface area contributed by atoms with Crippen molar-refractivity contribution in [2.75, 3.05) is 11.9 Å². The highest BCUT2D eigenvalue weighted by Gasteiger charge is 2.44. The molecule has 0 aromatic heterocycles. The van der Waals surface area contributed by atoms with Crippen molar-refractivity contribution in [2.24, 2.45) is 22.2 Å². The summed E-state index contributed by atoms with van der Waals surface area (Å²) in [4.78, 5) is 87.8. The number of hydrogen-bond donors (Lipinski definition) is 8. The third-order valence-electron chi connectivity index (χ3n) is 11.6. The van der Waals surface area contributed by atoms with Crippen molar-refractivity contribution in [1.82, 2.24) is 21.3 Å². The van der Waals surface area contributed by atoms with E-state index in [9.17, 15) is 28.8 Å². The Bertz CT molecular complexity index is 2600. The molecule has 2 unspecified atom stereocenters. The Kier molecular flexibility index (Phi) is 16.6. The fourth-order valence-electron chi connectivity index (χ4n) is 8.22. The molecule has 15 nitrogen and oxygen atoms in total. The summed E-state index contributed by atoms with van der Waals surface area (Å²) in [6.07, 6.45) is 2.13. The number of aliphatic imine (C=N–C) groups is 1. The smallest absolute Gasteiger partial charge is 0.250 e. The van der Waals surface area contributed by atoms with Crippen LogP contribution in [-0.2, 0) is 49.7 Å². The third-order valence-corrected chi connectivity index (χ3v) is 12.4. The topological polar surface area (TPSA) is 253 Å². The van der Waals surface area contributed by atoms with Gasteiger partial charge in [-0.3, -0.25) is 33.8 Å². The van der Waals surface area contributed by atoms with Crippen molar-refractivity contribution in [2.45, 2.75) is 88.4 Å². The number of fused-ring (bicyclic) bond motifs is 2. The minimum absolute atomic E-state index is 0.0358. The molecular weight excluding hydrogens is 903 g/mol. The highest BCUT2D eigenvalue weighted by Crippen LogP contribution is 2.34. The number of carbonyl (C=O) groups excluding carboxylic acids is 6. The molecule has 0 spiro atoms. The Morgan fingerprint density at radius 3 is 2.12 bits per heavy atom. The van der Waals surface area contributed by atoms with Gasteiger partial charge in [-0.2, -0.15) is 0 Å². The van der Waals surface area contributed by atoms with Gasteiger partial charge >= 0.3 is 0 Å². The van der Waals surface area contributed by atoms with Crippen LogP contribution >= 0.6 is 15.9 Å². The van der Waals surface area contributed by atoms with Gasteiger partial charge in [-0.1, -0.05) is 120 Å².